The number of nitro benzene ring substituents is 1. The summed E-state index contributed by atoms with van der Waals surface area (Å²) in [6.45, 7) is 0. The smallest absolute Gasteiger partial charge is 0.305 e. The van der Waals surface area contributed by atoms with E-state index in [1.807, 2.05) is 0 Å². The van der Waals surface area contributed by atoms with Gasteiger partial charge in [0.25, 0.3) is 0 Å². The van der Waals surface area contributed by atoms with Crippen LogP contribution in [0, 0.1) is 15.9 Å². The highest BCUT2D eigenvalue weighted by Crippen LogP contribution is 2.36. The molecular weight excluding hydrogens is 319 g/mol. The van der Waals surface area contributed by atoms with Crippen molar-refractivity contribution in [2.75, 3.05) is 7.11 Å². The first-order valence-corrected chi connectivity index (χ1v) is 6.77. The zero-order valence-corrected chi connectivity index (χ0v) is 12.4. The molecule has 0 saturated carbocycles. The number of nitrogens with zero attached hydrogens (tertiary/aromatic N) is 2. The van der Waals surface area contributed by atoms with Crippen LogP contribution in [0.5, 0.6) is 23.0 Å². The van der Waals surface area contributed by atoms with Gasteiger partial charge in [-0.3, -0.25) is 15.1 Å². The second kappa shape index (κ2) is 5.99. The Bertz CT molecular complexity index is 945. The average molecular weight is 330 g/mol. The molecule has 24 heavy (non-hydrogen) atoms. The summed E-state index contributed by atoms with van der Waals surface area (Å²) in [6, 6.07) is 7.76. The first-order chi connectivity index (χ1) is 11.5. The molecule has 0 spiro atoms. The summed E-state index contributed by atoms with van der Waals surface area (Å²) in [5, 5.41) is 21.0. The van der Waals surface area contributed by atoms with Gasteiger partial charge in [0, 0.05) is 29.8 Å². The van der Waals surface area contributed by atoms with Gasteiger partial charge in [0.1, 0.15) is 11.5 Å². The Morgan fingerprint density at radius 1 is 1.21 bits per heavy atom. The molecule has 1 N–H and O–H groups in total. The van der Waals surface area contributed by atoms with E-state index >= 15 is 0 Å². The van der Waals surface area contributed by atoms with E-state index in [4.69, 9.17) is 9.47 Å². The third kappa shape index (κ3) is 2.76. The van der Waals surface area contributed by atoms with Gasteiger partial charge in [0.2, 0.25) is 5.82 Å². The normalized spacial score (nSPS) is 10.6. The SMILES string of the molecule is COc1cc2c(Oc3ccc([N+](=O)[O-])c(F)c3)ccnc2cc1O. The van der Waals surface area contributed by atoms with Crippen molar-refractivity contribution in [1.82, 2.24) is 4.98 Å². The van der Waals surface area contributed by atoms with Crippen molar-refractivity contribution in [2.45, 2.75) is 0 Å². The minimum Gasteiger partial charge on any atom is -0.504 e. The van der Waals surface area contributed by atoms with Crippen molar-refractivity contribution >= 4 is 16.6 Å². The number of methoxy groups -OCH3 is 1. The number of phenols is 1. The fourth-order valence-corrected chi connectivity index (χ4v) is 2.22. The van der Waals surface area contributed by atoms with Crippen molar-refractivity contribution in [3.05, 3.63) is 58.5 Å². The fraction of sp³-hybridized carbons (Fsp3) is 0.0625. The predicted molar refractivity (Wildman–Crippen MR) is 83.1 cm³/mol. The van der Waals surface area contributed by atoms with Crippen LogP contribution in [0.4, 0.5) is 10.1 Å². The Kier molecular flexibility index (Phi) is 3.87. The summed E-state index contributed by atoms with van der Waals surface area (Å²) in [7, 11) is 1.41. The van der Waals surface area contributed by atoms with Crippen LogP contribution in [0.15, 0.2) is 42.6 Å². The number of halogens is 1. The Hall–Kier alpha value is -3.42. The van der Waals surface area contributed by atoms with Crippen LogP contribution < -0.4 is 9.47 Å². The molecular formula is C16H11FN2O5. The molecule has 8 heteroatoms. The molecule has 0 aliphatic carbocycles. The first-order valence-electron chi connectivity index (χ1n) is 6.77. The molecule has 0 aliphatic rings. The molecule has 0 radical (unpaired) electrons. The standard InChI is InChI=1S/C16H11FN2O5/c1-23-16-7-10-12(8-14(16)20)18-5-4-15(10)24-9-2-3-13(19(21)22)11(17)6-9/h2-8,20H,1H3. The summed E-state index contributed by atoms with van der Waals surface area (Å²) in [6.07, 6.45) is 1.46. The Balaban J connectivity index is 2.04. The zero-order valence-electron chi connectivity index (χ0n) is 12.4. The summed E-state index contributed by atoms with van der Waals surface area (Å²) in [4.78, 5) is 14.0. The molecule has 3 aromatic rings. The number of hydrogen-bond donors (Lipinski definition) is 1. The monoisotopic (exact) mass is 330 g/mol. The Morgan fingerprint density at radius 2 is 2.00 bits per heavy atom. The number of nitro groups is 1. The Morgan fingerprint density at radius 3 is 2.67 bits per heavy atom. The van der Waals surface area contributed by atoms with Crippen LogP contribution in [-0.4, -0.2) is 22.1 Å². The number of phenolic OH excluding ortho intramolecular Hbond substituents is 1. The molecule has 0 amide bonds. The van der Waals surface area contributed by atoms with Crippen molar-refractivity contribution in [3.8, 4) is 23.0 Å². The highest BCUT2D eigenvalue weighted by molar-refractivity contribution is 5.88. The lowest BCUT2D eigenvalue weighted by molar-refractivity contribution is -0.387. The lowest BCUT2D eigenvalue weighted by atomic mass is 10.2. The second-order valence-electron chi connectivity index (χ2n) is 4.82. The number of rotatable bonds is 4. The van der Waals surface area contributed by atoms with Crippen LogP contribution in [-0.2, 0) is 0 Å². The number of hydrogen-bond acceptors (Lipinski definition) is 6. The van der Waals surface area contributed by atoms with Crippen LogP contribution in [0.3, 0.4) is 0 Å². The minimum absolute atomic E-state index is 0.0731. The first kappa shape index (κ1) is 15.5. The molecule has 1 heterocycles. The highest BCUT2D eigenvalue weighted by atomic mass is 19.1. The van der Waals surface area contributed by atoms with E-state index in [1.54, 1.807) is 6.07 Å². The van der Waals surface area contributed by atoms with Gasteiger partial charge in [-0.2, -0.15) is 4.39 Å². The number of ether oxygens (including phenoxy) is 2. The van der Waals surface area contributed by atoms with E-state index in [1.165, 1.54) is 31.5 Å². The molecule has 0 atom stereocenters. The van der Waals surface area contributed by atoms with Crippen molar-refractivity contribution in [1.29, 1.82) is 0 Å². The van der Waals surface area contributed by atoms with E-state index in [9.17, 15) is 19.6 Å². The van der Waals surface area contributed by atoms with Gasteiger partial charge in [-0.15, -0.1) is 0 Å². The van der Waals surface area contributed by atoms with Crippen LogP contribution in [0.1, 0.15) is 0 Å². The third-order valence-corrected chi connectivity index (χ3v) is 3.35. The maximum absolute atomic E-state index is 13.7. The van der Waals surface area contributed by atoms with Crippen LogP contribution in [0.2, 0.25) is 0 Å². The molecule has 2 aromatic carbocycles. The number of pyridine rings is 1. The zero-order chi connectivity index (χ0) is 17.3. The summed E-state index contributed by atoms with van der Waals surface area (Å²) < 4.78 is 24.4. The lowest BCUT2D eigenvalue weighted by Gasteiger charge is -2.10. The molecule has 0 bridgehead atoms. The molecule has 3 rings (SSSR count). The largest absolute Gasteiger partial charge is 0.504 e. The van der Waals surface area contributed by atoms with Crippen LogP contribution >= 0.6 is 0 Å². The van der Waals surface area contributed by atoms with Gasteiger partial charge in [-0.05, 0) is 18.2 Å². The molecule has 0 unspecified atom stereocenters. The topological polar surface area (TPSA) is 94.7 Å². The number of aromatic nitrogens is 1. The van der Waals surface area contributed by atoms with Crippen molar-refractivity contribution < 1.29 is 23.9 Å². The lowest BCUT2D eigenvalue weighted by Crippen LogP contribution is -1.94. The van der Waals surface area contributed by atoms with Gasteiger partial charge in [0.15, 0.2) is 11.5 Å². The summed E-state index contributed by atoms with van der Waals surface area (Å²) >= 11 is 0. The van der Waals surface area contributed by atoms with E-state index in [2.05, 4.69) is 4.98 Å². The highest BCUT2D eigenvalue weighted by Gasteiger charge is 2.16. The van der Waals surface area contributed by atoms with Gasteiger partial charge in [-0.1, -0.05) is 0 Å². The summed E-state index contributed by atoms with van der Waals surface area (Å²) in [5.41, 5.74) is -0.179. The van der Waals surface area contributed by atoms with Gasteiger partial charge < -0.3 is 14.6 Å². The van der Waals surface area contributed by atoms with Crippen LogP contribution in [0.25, 0.3) is 10.9 Å². The van der Waals surface area contributed by atoms with Crippen molar-refractivity contribution in [2.24, 2.45) is 0 Å². The molecule has 0 fully saturated rings. The predicted octanol–water partition coefficient (Wildman–Crippen LogP) is 3.79. The molecule has 0 saturated heterocycles. The van der Waals surface area contributed by atoms with E-state index < -0.39 is 16.4 Å². The fourth-order valence-electron chi connectivity index (χ4n) is 2.22. The van der Waals surface area contributed by atoms with Gasteiger partial charge >= 0.3 is 5.69 Å². The van der Waals surface area contributed by atoms with E-state index in [0.29, 0.717) is 16.7 Å². The quantitative estimate of drug-likeness (QED) is 0.578. The second-order valence-corrected chi connectivity index (χ2v) is 4.82. The maximum atomic E-state index is 13.7. The minimum atomic E-state index is -0.994. The Labute approximate surface area is 135 Å². The molecule has 0 aliphatic heterocycles. The van der Waals surface area contributed by atoms with Crippen molar-refractivity contribution in [3.63, 3.8) is 0 Å². The van der Waals surface area contributed by atoms with E-state index in [0.717, 1.165) is 12.1 Å². The van der Waals surface area contributed by atoms with Gasteiger partial charge in [-0.25, -0.2) is 0 Å². The van der Waals surface area contributed by atoms with E-state index in [-0.39, 0.29) is 17.2 Å². The molecule has 1 aromatic heterocycles. The molecule has 122 valence electrons. The number of benzene rings is 2. The maximum Gasteiger partial charge on any atom is 0.305 e. The molecule has 7 nitrogen and oxygen atoms in total. The van der Waals surface area contributed by atoms with Gasteiger partial charge in [0.05, 0.1) is 17.5 Å². The number of fused-ring (bicyclic) bond motifs is 1. The third-order valence-electron chi connectivity index (χ3n) is 3.35. The number of aromatic hydroxyl groups is 1. The summed E-state index contributed by atoms with van der Waals surface area (Å²) in [5.74, 6) is -0.401. The average Bonchev–Trinajstić information content (AvgIpc) is 2.54.